The monoisotopic (exact) mass is 277 g/mol. The first-order valence-electron chi connectivity index (χ1n) is 3.85. The molecule has 0 bridgehead atoms. The van der Waals surface area contributed by atoms with Crippen molar-refractivity contribution in [2.24, 2.45) is 0 Å². The Morgan fingerprint density at radius 2 is 2.21 bits per heavy atom. The number of rotatable bonds is 2. The van der Waals surface area contributed by atoms with Crippen LogP contribution in [0, 0.1) is 0 Å². The summed E-state index contributed by atoms with van der Waals surface area (Å²) >= 11 is 9.25. The average molecular weight is 279 g/mol. The molecule has 14 heavy (non-hydrogen) atoms. The fourth-order valence-electron chi connectivity index (χ4n) is 1.03. The van der Waals surface area contributed by atoms with Gasteiger partial charge in [-0.05, 0) is 12.1 Å². The number of hydrogen-bond donors (Lipinski definition) is 1. The molecule has 0 aromatic heterocycles. The lowest BCUT2D eigenvalue weighted by Gasteiger charge is -2.08. The molecule has 0 spiro atoms. The molecule has 0 aliphatic rings. The average Bonchev–Trinajstić information content (AvgIpc) is 2.19. The third kappa shape index (κ3) is 2.19. The lowest BCUT2D eigenvalue weighted by atomic mass is 10.2. The number of esters is 1. The molecule has 0 saturated carbocycles. The topological polar surface area (TPSA) is 38.3 Å². The van der Waals surface area contributed by atoms with Crippen LogP contribution in [-0.2, 0) is 4.74 Å². The van der Waals surface area contributed by atoms with Gasteiger partial charge in [-0.1, -0.05) is 27.5 Å². The minimum absolute atomic E-state index is 0.341. The number of methoxy groups -OCH3 is 1. The first-order valence-corrected chi connectivity index (χ1v) is 5.02. The molecule has 0 aliphatic heterocycles. The first-order chi connectivity index (χ1) is 6.60. The number of ether oxygens (including phenoxy) is 1. The molecule has 0 aliphatic carbocycles. The van der Waals surface area contributed by atoms with E-state index in [1.807, 2.05) is 0 Å². The molecule has 1 aromatic rings. The van der Waals surface area contributed by atoms with Crippen molar-refractivity contribution in [2.45, 2.75) is 0 Å². The number of halogens is 2. The van der Waals surface area contributed by atoms with Crippen molar-refractivity contribution in [1.82, 2.24) is 0 Å². The summed E-state index contributed by atoms with van der Waals surface area (Å²) in [5.41, 5.74) is 1.02. The summed E-state index contributed by atoms with van der Waals surface area (Å²) < 4.78 is 5.37. The van der Waals surface area contributed by atoms with Gasteiger partial charge in [0.1, 0.15) is 0 Å². The van der Waals surface area contributed by atoms with Crippen LogP contribution in [0.4, 0.5) is 5.69 Å². The van der Waals surface area contributed by atoms with Gasteiger partial charge in [0.25, 0.3) is 0 Å². The van der Waals surface area contributed by atoms with E-state index in [-0.39, 0.29) is 0 Å². The third-order valence-electron chi connectivity index (χ3n) is 1.71. The molecule has 1 N–H and O–H groups in total. The number of benzene rings is 1. The zero-order valence-electron chi connectivity index (χ0n) is 7.73. The van der Waals surface area contributed by atoms with Crippen molar-refractivity contribution >= 4 is 39.2 Å². The van der Waals surface area contributed by atoms with Gasteiger partial charge < -0.3 is 10.1 Å². The third-order valence-corrected chi connectivity index (χ3v) is 2.58. The van der Waals surface area contributed by atoms with E-state index in [1.54, 1.807) is 19.2 Å². The van der Waals surface area contributed by atoms with E-state index in [0.717, 1.165) is 4.47 Å². The maximum absolute atomic E-state index is 11.3. The normalized spacial score (nSPS) is 9.71. The Bertz CT molecular complexity index is 368. The van der Waals surface area contributed by atoms with Gasteiger partial charge in [-0.25, -0.2) is 4.79 Å². The second-order valence-electron chi connectivity index (χ2n) is 2.56. The molecule has 3 nitrogen and oxygen atoms in total. The summed E-state index contributed by atoms with van der Waals surface area (Å²) in [6, 6.07) is 3.41. The molecular weight excluding hydrogens is 269 g/mol. The van der Waals surface area contributed by atoms with Crippen molar-refractivity contribution < 1.29 is 9.53 Å². The highest BCUT2D eigenvalue weighted by atomic mass is 79.9. The van der Waals surface area contributed by atoms with Crippen LogP contribution in [0.5, 0.6) is 0 Å². The second kappa shape index (κ2) is 4.66. The summed E-state index contributed by atoms with van der Waals surface area (Å²) in [5.74, 6) is -0.451. The van der Waals surface area contributed by atoms with Crippen LogP contribution in [0.3, 0.4) is 0 Å². The summed E-state index contributed by atoms with van der Waals surface area (Å²) in [6.07, 6.45) is 0. The smallest absolute Gasteiger partial charge is 0.339 e. The van der Waals surface area contributed by atoms with Gasteiger partial charge in [-0.3, -0.25) is 0 Å². The molecule has 0 saturated heterocycles. The van der Waals surface area contributed by atoms with E-state index in [0.29, 0.717) is 16.3 Å². The van der Waals surface area contributed by atoms with Crippen LogP contribution >= 0.6 is 27.5 Å². The maximum Gasteiger partial charge on any atom is 0.339 e. The Balaban J connectivity index is 3.29. The quantitative estimate of drug-likeness (QED) is 0.845. The molecule has 1 rings (SSSR count). The van der Waals surface area contributed by atoms with Gasteiger partial charge in [-0.15, -0.1) is 0 Å². The van der Waals surface area contributed by atoms with Crippen molar-refractivity contribution in [2.75, 3.05) is 19.5 Å². The molecule has 0 heterocycles. The fourth-order valence-corrected chi connectivity index (χ4v) is 1.77. The predicted molar refractivity (Wildman–Crippen MR) is 60.0 cm³/mol. The van der Waals surface area contributed by atoms with Crippen molar-refractivity contribution in [3.8, 4) is 0 Å². The molecule has 0 amide bonds. The Kier molecular flexibility index (Phi) is 3.77. The highest BCUT2D eigenvalue weighted by Gasteiger charge is 2.14. The van der Waals surface area contributed by atoms with Crippen LogP contribution in [0.1, 0.15) is 10.4 Å². The zero-order chi connectivity index (χ0) is 10.7. The Hall–Kier alpha value is -0.740. The summed E-state index contributed by atoms with van der Waals surface area (Å²) in [6.45, 7) is 0. The molecule has 0 atom stereocenters. The molecule has 0 radical (unpaired) electrons. The van der Waals surface area contributed by atoms with Crippen LogP contribution in [0.15, 0.2) is 16.6 Å². The number of hydrogen-bond acceptors (Lipinski definition) is 3. The zero-order valence-corrected chi connectivity index (χ0v) is 10.1. The van der Waals surface area contributed by atoms with E-state index in [2.05, 4.69) is 26.0 Å². The Labute approximate surface area is 95.5 Å². The lowest BCUT2D eigenvalue weighted by Crippen LogP contribution is -2.04. The SMILES string of the molecule is CNc1cc(Br)cc(C(=O)OC)c1Cl. The minimum Gasteiger partial charge on any atom is -0.465 e. The summed E-state index contributed by atoms with van der Waals surface area (Å²) in [4.78, 5) is 11.3. The van der Waals surface area contributed by atoms with E-state index in [1.165, 1.54) is 7.11 Å². The van der Waals surface area contributed by atoms with Crippen LogP contribution in [0.2, 0.25) is 5.02 Å². The molecule has 5 heteroatoms. The van der Waals surface area contributed by atoms with Gasteiger partial charge in [0.15, 0.2) is 0 Å². The Morgan fingerprint density at radius 1 is 1.57 bits per heavy atom. The number of carbonyl (C=O) groups excluding carboxylic acids is 1. The lowest BCUT2D eigenvalue weighted by molar-refractivity contribution is 0.0601. The molecule has 76 valence electrons. The van der Waals surface area contributed by atoms with E-state index in [9.17, 15) is 4.79 Å². The highest BCUT2D eigenvalue weighted by molar-refractivity contribution is 9.10. The molecule has 0 unspecified atom stereocenters. The number of anilines is 1. The van der Waals surface area contributed by atoms with Crippen molar-refractivity contribution in [3.05, 3.63) is 27.2 Å². The second-order valence-corrected chi connectivity index (χ2v) is 3.85. The molecular formula is C9H9BrClNO2. The van der Waals surface area contributed by atoms with Gasteiger partial charge in [0.05, 0.1) is 23.4 Å². The van der Waals surface area contributed by atoms with Gasteiger partial charge in [0.2, 0.25) is 0 Å². The summed E-state index contributed by atoms with van der Waals surface area (Å²) in [5, 5.41) is 3.25. The van der Waals surface area contributed by atoms with Crippen molar-refractivity contribution in [3.63, 3.8) is 0 Å². The number of carbonyl (C=O) groups is 1. The standard InChI is InChI=1S/C9H9BrClNO2/c1-12-7-4-5(10)3-6(8(7)11)9(13)14-2/h3-4,12H,1-2H3. The largest absolute Gasteiger partial charge is 0.465 e. The molecule has 0 fully saturated rings. The minimum atomic E-state index is -0.451. The predicted octanol–water partition coefficient (Wildman–Crippen LogP) is 2.93. The van der Waals surface area contributed by atoms with Gasteiger partial charge >= 0.3 is 5.97 Å². The van der Waals surface area contributed by atoms with E-state index >= 15 is 0 Å². The van der Waals surface area contributed by atoms with Crippen LogP contribution < -0.4 is 5.32 Å². The van der Waals surface area contributed by atoms with E-state index < -0.39 is 5.97 Å². The van der Waals surface area contributed by atoms with Crippen molar-refractivity contribution in [1.29, 1.82) is 0 Å². The fraction of sp³-hybridized carbons (Fsp3) is 0.222. The highest BCUT2D eigenvalue weighted by Crippen LogP contribution is 2.30. The van der Waals surface area contributed by atoms with Gasteiger partial charge in [0, 0.05) is 11.5 Å². The van der Waals surface area contributed by atoms with Crippen LogP contribution in [0.25, 0.3) is 0 Å². The Morgan fingerprint density at radius 3 is 2.71 bits per heavy atom. The van der Waals surface area contributed by atoms with Crippen LogP contribution in [-0.4, -0.2) is 20.1 Å². The number of nitrogens with one attached hydrogen (secondary N) is 1. The summed E-state index contributed by atoms with van der Waals surface area (Å²) in [7, 11) is 3.05. The maximum atomic E-state index is 11.3. The van der Waals surface area contributed by atoms with E-state index in [4.69, 9.17) is 11.6 Å². The molecule has 1 aromatic carbocycles. The first kappa shape index (κ1) is 11.3. The van der Waals surface area contributed by atoms with Gasteiger partial charge in [-0.2, -0.15) is 0 Å².